The minimum atomic E-state index is -0.265. The highest BCUT2D eigenvalue weighted by Gasteiger charge is 2.20. The molecule has 1 aromatic carbocycles. The lowest BCUT2D eigenvalue weighted by Crippen LogP contribution is -2.16. The van der Waals surface area contributed by atoms with Crippen molar-refractivity contribution in [1.29, 1.82) is 0 Å². The second-order valence-electron chi connectivity index (χ2n) is 4.98. The molecule has 0 heterocycles. The van der Waals surface area contributed by atoms with Crippen LogP contribution in [0.3, 0.4) is 0 Å². The Labute approximate surface area is 108 Å². The molecule has 4 heteroatoms. The summed E-state index contributed by atoms with van der Waals surface area (Å²) in [5, 5.41) is 0. The average Bonchev–Trinajstić information content (AvgIpc) is 2.81. The normalized spacial score (nSPS) is 15.7. The fourth-order valence-corrected chi connectivity index (χ4v) is 2.31. The molecule has 1 aliphatic carbocycles. The van der Waals surface area contributed by atoms with Crippen LogP contribution >= 0.6 is 0 Å². The van der Waals surface area contributed by atoms with Gasteiger partial charge in [0.15, 0.2) is 0 Å². The average molecular weight is 248 g/mol. The molecule has 1 saturated carbocycles. The number of nitrogen functional groups attached to an aromatic ring is 1. The maximum Gasteiger partial charge on any atom is 0.338 e. The molecule has 0 bridgehead atoms. The second-order valence-corrected chi connectivity index (χ2v) is 4.98. The predicted molar refractivity (Wildman–Crippen MR) is 72.9 cm³/mol. The molecule has 1 aliphatic rings. The number of nitrogens with zero attached hydrogens (tertiary/aromatic N) is 1. The van der Waals surface area contributed by atoms with Crippen LogP contribution in [0, 0.1) is 0 Å². The third-order valence-electron chi connectivity index (χ3n) is 3.32. The van der Waals surface area contributed by atoms with Gasteiger partial charge in [0, 0.05) is 14.1 Å². The van der Waals surface area contributed by atoms with E-state index in [1.54, 1.807) is 12.1 Å². The first-order chi connectivity index (χ1) is 8.58. The number of rotatable bonds is 3. The number of esters is 1. The summed E-state index contributed by atoms with van der Waals surface area (Å²) in [6, 6.07) is 5.30. The Morgan fingerprint density at radius 2 is 2.00 bits per heavy atom. The number of carbonyl (C=O) groups excluding carboxylic acids is 1. The van der Waals surface area contributed by atoms with E-state index in [1.165, 1.54) is 0 Å². The van der Waals surface area contributed by atoms with Crippen molar-refractivity contribution in [1.82, 2.24) is 0 Å². The van der Waals surface area contributed by atoms with Gasteiger partial charge in [-0.15, -0.1) is 0 Å². The van der Waals surface area contributed by atoms with Gasteiger partial charge >= 0.3 is 5.97 Å². The van der Waals surface area contributed by atoms with Crippen LogP contribution in [0.5, 0.6) is 0 Å². The largest absolute Gasteiger partial charge is 0.459 e. The van der Waals surface area contributed by atoms with Gasteiger partial charge in [-0.25, -0.2) is 4.79 Å². The van der Waals surface area contributed by atoms with E-state index in [0.29, 0.717) is 11.3 Å². The molecule has 0 aromatic heterocycles. The van der Waals surface area contributed by atoms with Gasteiger partial charge in [-0.1, -0.05) is 0 Å². The fourth-order valence-electron chi connectivity index (χ4n) is 2.31. The van der Waals surface area contributed by atoms with Crippen LogP contribution in [-0.4, -0.2) is 26.2 Å². The molecule has 1 aromatic rings. The molecule has 0 atom stereocenters. The van der Waals surface area contributed by atoms with E-state index < -0.39 is 0 Å². The second kappa shape index (κ2) is 5.29. The lowest BCUT2D eigenvalue weighted by Gasteiger charge is -2.16. The van der Waals surface area contributed by atoms with Crippen molar-refractivity contribution in [2.24, 2.45) is 0 Å². The first-order valence-corrected chi connectivity index (χ1v) is 6.36. The third kappa shape index (κ3) is 2.75. The highest BCUT2D eigenvalue weighted by molar-refractivity contribution is 5.92. The van der Waals surface area contributed by atoms with Crippen LogP contribution in [0.1, 0.15) is 36.0 Å². The highest BCUT2D eigenvalue weighted by Crippen LogP contribution is 2.25. The maximum atomic E-state index is 11.9. The van der Waals surface area contributed by atoms with Crippen molar-refractivity contribution >= 4 is 17.3 Å². The van der Waals surface area contributed by atoms with E-state index >= 15 is 0 Å². The minimum Gasteiger partial charge on any atom is -0.459 e. The van der Waals surface area contributed by atoms with Gasteiger partial charge in [0.05, 0.1) is 16.9 Å². The topological polar surface area (TPSA) is 55.6 Å². The van der Waals surface area contributed by atoms with E-state index in [4.69, 9.17) is 10.5 Å². The van der Waals surface area contributed by atoms with E-state index in [-0.39, 0.29) is 12.1 Å². The molecule has 0 radical (unpaired) electrons. The number of ether oxygens (including phenoxy) is 1. The van der Waals surface area contributed by atoms with Crippen molar-refractivity contribution in [2.45, 2.75) is 31.8 Å². The monoisotopic (exact) mass is 248 g/mol. The third-order valence-corrected chi connectivity index (χ3v) is 3.32. The summed E-state index contributed by atoms with van der Waals surface area (Å²) in [5.74, 6) is -0.265. The van der Waals surface area contributed by atoms with Gasteiger partial charge < -0.3 is 15.4 Å². The van der Waals surface area contributed by atoms with Gasteiger partial charge in [-0.3, -0.25) is 0 Å². The first-order valence-electron chi connectivity index (χ1n) is 6.36. The molecule has 1 fully saturated rings. The minimum absolute atomic E-state index is 0.0900. The van der Waals surface area contributed by atoms with Gasteiger partial charge in [0.25, 0.3) is 0 Å². The Morgan fingerprint density at radius 3 is 2.56 bits per heavy atom. The molecule has 0 saturated heterocycles. The standard InChI is InChI=1S/C14H20N2O2/c1-16(2)13-8-7-10(9-12(13)15)14(17)18-11-5-3-4-6-11/h7-9,11H,3-6,15H2,1-2H3. The molecule has 18 heavy (non-hydrogen) atoms. The van der Waals surface area contributed by atoms with Crippen LogP contribution in [0.25, 0.3) is 0 Å². The van der Waals surface area contributed by atoms with E-state index in [2.05, 4.69) is 0 Å². The van der Waals surface area contributed by atoms with Crippen LogP contribution in [-0.2, 0) is 4.74 Å². The highest BCUT2D eigenvalue weighted by atomic mass is 16.5. The van der Waals surface area contributed by atoms with Gasteiger partial charge in [0.1, 0.15) is 6.10 Å². The number of anilines is 2. The summed E-state index contributed by atoms with van der Waals surface area (Å²) < 4.78 is 5.44. The maximum absolute atomic E-state index is 11.9. The van der Waals surface area contributed by atoms with Crippen LogP contribution in [0.4, 0.5) is 11.4 Å². The zero-order chi connectivity index (χ0) is 13.1. The molecule has 0 spiro atoms. The number of hydrogen-bond donors (Lipinski definition) is 1. The molecular formula is C14H20N2O2. The number of benzene rings is 1. The number of hydrogen-bond acceptors (Lipinski definition) is 4. The van der Waals surface area contributed by atoms with Crippen molar-refractivity contribution < 1.29 is 9.53 Å². The van der Waals surface area contributed by atoms with Crippen LogP contribution < -0.4 is 10.6 Å². The summed E-state index contributed by atoms with van der Waals surface area (Å²) >= 11 is 0. The quantitative estimate of drug-likeness (QED) is 0.659. The van der Waals surface area contributed by atoms with Crippen molar-refractivity contribution in [3.63, 3.8) is 0 Å². The van der Waals surface area contributed by atoms with Gasteiger partial charge in [-0.05, 0) is 43.9 Å². The molecule has 4 nitrogen and oxygen atoms in total. The molecule has 2 rings (SSSR count). The van der Waals surface area contributed by atoms with E-state index in [0.717, 1.165) is 31.4 Å². The predicted octanol–water partition coefficient (Wildman–Crippen LogP) is 2.43. The summed E-state index contributed by atoms with van der Waals surface area (Å²) in [7, 11) is 3.84. The Morgan fingerprint density at radius 1 is 1.33 bits per heavy atom. The van der Waals surface area contributed by atoms with E-state index in [1.807, 2.05) is 25.1 Å². The molecule has 0 unspecified atom stereocenters. The smallest absolute Gasteiger partial charge is 0.338 e. The summed E-state index contributed by atoms with van der Waals surface area (Å²) in [5.41, 5.74) is 7.96. The molecule has 98 valence electrons. The number of nitrogens with two attached hydrogens (primary N) is 1. The molecule has 0 amide bonds. The van der Waals surface area contributed by atoms with Gasteiger partial charge in [-0.2, -0.15) is 0 Å². The zero-order valence-corrected chi connectivity index (χ0v) is 11.0. The zero-order valence-electron chi connectivity index (χ0n) is 11.0. The van der Waals surface area contributed by atoms with Gasteiger partial charge in [0.2, 0.25) is 0 Å². The summed E-state index contributed by atoms with van der Waals surface area (Å²) in [6.45, 7) is 0. The van der Waals surface area contributed by atoms with E-state index in [9.17, 15) is 4.79 Å². The number of carbonyl (C=O) groups is 1. The van der Waals surface area contributed by atoms with Crippen molar-refractivity contribution in [3.8, 4) is 0 Å². The molecule has 0 aliphatic heterocycles. The summed E-state index contributed by atoms with van der Waals surface area (Å²) in [4.78, 5) is 13.9. The SMILES string of the molecule is CN(C)c1ccc(C(=O)OC2CCCC2)cc1N. The van der Waals surface area contributed by atoms with Crippen LogP contribution in [0.2, 0.25) is 0 Å². The Hall–Kier alpha value is -1.71. The lowest BCUT2D eigenvalue weighted by molar-refractivity contribution is 0.0318. The van der Waals surface area contributed by atoms with Crippen LogP contribution in [0.15, 0.2) is 18.2 Å². The lowest BCUT2D eigenvalue weighted by atomic mass is 10.1. The summed E-state index contributed by atoms with van der Waals surface area (Å²) in [6.07, 6.45) is 4.36. The Balaban J connectivity index is 2.08. The molecule has 2 N–H and O–H groups in total. The Kier molecular flexibility index (Phi) is 3.75. The van der Waals surface area contributed by atoms with Crippen molar-refractivity contribution in [3.05, 3.63) is 23.8 Å². The fraction of sp³-hybridized carbons (Fsp3) is 0.500. The Bertz CT molecular complexity index is 437. The van der Waals surface area contributed by atoms with Crippen molar-refractivity contribution in [2.75, 3.05) is 24.7 Å². The first kappa shape index (κ1) is 12.7. The molecular weight excluding hydrogens is 228 g/mol.